The molecule has 0 bridgehead atoms. The highest BCUT2D eigenvalue weighted by atomic mass is 35.5. The maximum atomic E-state index is 12.6. The second kappa shape index (κ2) is 6.18. The quantitative estimate of drug-likeness (QED) is 0.920. The lowest BCUT2D eigenvalue weighted by Gasteiger charge is -2.21. The number of benzene rings is 1. The van der Waals surface area contributed by atoms with Crippen LogP contribution in [0.2, 0.25) is 5.02 Å². The minimum atomic E-state index is -0.997. The van der Waals surface area contributed by atoms with Crippen molar-refractivity contribution in [2.75, 3.05) is 6.54 Å². The molecule has 0 amide bonds. The Morgan fingerprint density at radius 2 is 2.11 bits per heavy atom. The molecule has 1 aliphatic rings. The van der Waals surface area contributed by atoms with E-state index in [9.17, 15) is 4.21 Å². The molecule has 2 nitrogen and oxygen atoms in total. The summed E-state index contributed by atoms with van der Waals surface area (Å²) >= 11 is 6.13. The number of rotatable bonds is 4. The molecule has 4 heteroatoms. The maximum Gasteiger partial charge on any atom is 0.0579 e. The topological polar surface area (TPSA) is 29.1 Å². The SMILES string of the molecule is CCNC1CCC(S(=O)c2ccccc2Cl)C1C. The normalized spacial score (nSPS) is 29.4. The predicted molar refractivity (Wildman–Crippen MR) is 77.5 cm³/mol. The van der Waals surface area contributed by atoms with Crippen LogP contribution >= 0.6 is 11.6 Å². The van der Waals surface area contributed by atoms with Gasteiger partial charge in [-0.1, -0.05) is 37.6 Å². The van der Waals surface area contributed by atoms with Gasteiger partial charge in [-0.3, -0.25) is 4.21 Å². The molecule has 1 aliphatic carbocycles. The third kappa shape index (κ3) is 2.79. The Kier molecular flexibility index (Phi) is 4.82. The number of nitrogens with one attached hydrogen (secondary N) is 1. The van der Waals surface area contributed by atoms with Crippen LogP contribution in [0.1, 0.15) is 26.7 Å². The highest BCUT2D eigenvalue weighted by Gasteiger charge is 2.36. The molecule has 1 N–H and O–H groups in total. The average molecular weight is 286 g/mol. The molecule has 4 atom stereocenters. The zero-order chi connectivity index (χ0) is 13.1. The Morgan fingerprint density at radius 3 is 2.78 bits per heavy atom. The molecule has 0 heterocycles. The summed E-state index contributed by atoms with van der Waals surface area (Å²) in [6.07, 6.45) is 2.12. The van der Waals surface area contributed by atoms with E-state index in [2.05, 4.69) is 19.2 Å². The van der Waals surface area contributed by atoms with Crippen molar-refractivity contribution >= 4 is 22.4 Å². The van der Waals surface area contributed by atoms with Gasteiger partial charge in [-0.2, -0.15) is 0 Å². The van der Waals surface area contributed by atoms with Gasteiger partial charge in [-0.25, -0.2) is 0 Å². The van der Waals surface area contributed by atoms with Crippen molar-refractivity contribution in [3.8, 4) is 0 Å². The monoisotopic (exact) mass is 285 g/mol. The van der Waals surface area contributed by atoms with Crippen LogP contribution in [0.5, 0.6) is 0 Å². The fourth-order valence-electron chi connectivity index (χ4n) is 2.75. The number of halogens is 1. The molecule has 1 fully saturated rings. The van der Waals surface area contributed by atoms with Crippen molar-refractivity contribution in [1.29, 1.82) is 0 Å². The molecular weight excluding hydrogens is 266 g/mol. The Bertz CT molecular complexity index is 438. The minimum Gasteiger partial charge on any atom is -0.314 e. The first kappa shape index (κ1) is 14.0. The number of hydrogen-bond donors (Lipinski definition) is 1. The van der Waals surface area contributed by atoms with E-state index >= 15 is 0 Å². The zero-order valence-corrected chi connectivity index (χ0v) is 12.4. The second-order valence-electron chi connectivity index (χ2n) is 4.87. The minimum absolute atomic E-state index is 0.217. The van der Waals surface area contributed by atoms with E-state index in [0.29, 0.717) is 17.0 Å². The van der Waals surface area contributed by atoms with Gasteiger partial charge in [0, 0.05) is 11.3 Å². The van der Waals surface area contributed by atoms with Crippen LogP contribution in [0.3, 0.4) is 0 Å². The van der Waals surface area contributed by atoms with Gasteiger partial charge in [-0.05, 0) is 37.4 Å². The van der Waals surface area contributed by atoms with Gasteiger partial charge in [0.15, 0.2) is 0 Å². The van der Waals surface area contributed by atoms with Crippen LogP contribution in [0, 0.1) is 5.92 Å². The lowest BCUT2D eigenvalue weighted by atomic mass is 10.1. The lowest BCUT2D eigenvalue weighted by Crippen LogP contribution is -2.34. The van der Waals surface area contributed by atoms with Gasteiger partial charge in [0.25, 0.3) is 0 Å². The second-order valence-corrected chi connectivity index (χ2v) is 6.91. The summed E-state index contributed by atoms with van der Waals surface area (Å²) in [6.45, 7) is 5.28. The van der Waals surface area contributed by atoms with E-state index in [0.717, 1.165) is 24.3 Å². The fraction of sp³-hybridized carbons (Fsp3) is 0.571. The summed E-state index contributed by atoms with van der Waals surface area (Å²) in [6, 6.07) is 7.97. The molecule has 18 heavy (non-hydrogen) atoms. The van der Waals surface area contributed by atoms with Crippen LogP contribution in [-0.2, 0) is 10.8 Å². The van der Waals surface area contributed by atoms with Gasteiger partial charge < -0.3 is 5.32 Å². The lowest BCUT2D eigenvalue weighted by molar-refractivity contribution is 0.438. The predicted octanol–water partition coefficient (Wildman–Crippen LogP) is 3.22. The smallest absolute Gasteiger partial charge is 0.0579 e. The molecule has 0 aromatic heterocycles. The molecule has 4 unspecified atom stereocenters. The number of hydrogen-bond acceptors (Lipinski definition) is 2. The molecular formula is C14H20ClNOS. The Balaban J connectivity index is 2.14. The first-order valence-electron chi connectivity index (χ1n) is 6.53. The van der Waals surface area contributed by atoms with E-state index < -0.39 is 10.8 Å². The Labute approximate surface area is 117 Å². The molecule has 0 spiro atoms. The summed E-state index contributed by atoms with van der Waals surface area (Å²) in [5.74, 6) is 0.432. The molecule has 100 valence electrons. The van der Waals surface area contributed by atoms with E-state index in [-0.39, 0.29) is 5.25 Å². The van der Waals surface area contributed by atoms with Gasteiger partial charge >= 0.3 is 0 Å². The molecule has 0 aliphatic heterocycles. The van der Waals surface area contributed by atoms with Gasteiger partial charge in [0.2, 0.25) is 0 Å². The summed E-state index contributed by atoms with van der Waals surface area (Å²) in [4.78, 5) is 0.785. The molecule has 1 aromatic carbocycles. The largest absolute Gasteiger partial charge is 0.314 e. The van der Waals surface area contributed by atoms with Crippen molar-refractivity contribution < 1.29 is 4.21 Å². The zero-order valence-electron chi connectivity index (χ0n) is 10.9. The standard InChI is InChI=1S/C14H20ClNOS/c1-3-16-12-8-9-13(10(12)2)18(17)14-7-5-4-6-11(14)15/h4-7,10,12-13,16H,3,8-9H2,1-2H3. The highest BCUT2D eigenvalue weighted by molar-refractivity contribution is 7.85. The van der Waals surface area contributed by atoms with Crippen LogP contribution in [0.15, 0.2) is 29.2 Å². The van der Waals surface area contributed by atoms with Crippen molar-refractivity contribution in [2.24, 2.45) is 5.92 Å². The van der Waals surface area contributed by atoms with Gasteiger partial charge in [-0.15, -0.1) is 0 Å². The van der Waals surface area contributed by atoms with E-state index in [1.807, 2.05) is 24.3 Å². The van der Waals surface area contributed by atoms with E-state index in [1.165, 1.54) is 0 Å². The van der Waals surface area contributed by atoms with E-state index in [4.69, 9.17) is 11.6 Å². The van der Waals surface area contributed by atoms with Crippen LogP contribution in [-0.4, -0.2) is 22.0 Å². The Morgan fingerprint density at radius 1 is 1.39 bits per heavy atom. The van der Waals surface area contributed by atoms with E-state index in [1.54, 1.807) is 0 Å². The first-order chi connectivity index (χ1) is 8.65. The van der Waals surface area contributed by atoms with Crippen molar-refractivity contribution in [2.45, 2.75) is 42.9 Å². The molecule has 2 rings (SSSR count). The maximum absolute atomic E-state index is 12.6. The summed E-state index contributed by atoms with van der Waals surface area (Å²) in [5.41, 5.74) is 0. The Hall–Kier alpha value is -0.380. The fourth-order valence-corrected chi connectivity index (χ4v) is 4.84. The first-order valence-corrected chi connectivity index (χ1v) is 8.12. The summed E-state index contributed by atoms with van der Waals surface area (Å²) in [5, 5.41) is 4.31. The molecule has 0 saturated heterocycles. The van der Waals surface area contributed by atoms with Crippen LogP contribution < -0.4 is 5.32 Å². The van der Waals surface area contributed by atoms with Crippen molar-refractivity contribution in [3.63, 3.8) is 0 Å². The van der Waals surface area contributed by atoms with Crippen LogP contribution in [0.25, 0.3) is 0 Å². The van der Waals surface area contributed by atoms with Gasteiger partial charge in [0.1, 0.15) is 0 Å². The molecule has 1 saturated carbocycles. The molecule has 1 aromatic rings. The molecule has 0 radical (unpaired) electrons. The summed E-state index contributed by atoms with van der Waals surface area (Å²) < 4.78 is 12.6. The van der Waals surface area contributed by atoms with Crippen molar-refractivity contribution in [1.82, 2.24) is 5.32 Å². The third-order valence-electron chi connectivity index (χ3n) is 3.78. The summed E-state index contributed by atoms with van der Waals surface area (Å²) in [7, 11) is -0.997. The van der Waals surface area contributed by atoms with Gasteiger partial charge in [0.05, 0.1) is 20.7 Å². The average Bonchev–Trinajstić information content (AvgIpc) is 2.72. The third-order valence-corrected chi connectivity index (χ3v) is 6.22. The highest BCUT2D eigenvalue weighted by Crippen LogP contribution is 2.34. The van der Waals surface area contributed by atoms with Crippen molar-refractivity contribution in [3.05, 3.63) is 29.3 Å². The van der Waals surface area contributed by atoms with Crippen LogP contribution in [0.4, 0.5) is 0 Å².